The van der Waals surface area contributed by atoms with Crippen molar-refractivity contribution in [2.45, 2.75) is 45.1 Å². The van der Waals surface area contributed by atoms with E-state index < -0.39 is 0 Å². The number of rotatable bonds is 3. The van der Waals surface area contributed by atoms with E-state index >= 15 is 0 Å². The van der Waals surface area contributed by atoms with Gasteiger partial charge in [0.1, 0.15) is 0 Å². The predicted molar refractivity (Wildman–Crippen MR) is 87.3 cm³/mol. The molecule has 0 aliphatic carbocycles. The third-order valence-corrected chi connectivity index (χ3v) is 4.88. The zero-order valence-electron chi connectivity index (χ0n) is 13.4. The summed E-state index contributed by atoms with van der Waals surface area (Å²) in [5.41, 5.74) is 1.10. The lowest BCUT2D eigenvalue weighted by atomic mass is 9.96. The molecule has 4 heteroatoms. The molecule has 2 aliphatic rings. The molecule has 1 aromatic rings. The van der Waals surface area contributed by atoms with Gasteiger partial charge in [0, 0.05) is 32.4 Å². The summed E-state index contributed by atoms with van der Waals surface area (Å²) in [5, 5.41) is 0. The Morgan fingerprint density at radius 2 is 1.91 bits per heavy atom. The molecule has 0 radical (unpaired) electrons. The van der Waals surface area contributed by atoms with Crippen LogP contribution in [0.3, 0.4) is 0 Å². The van der Waals surface area contributed by atoms with Gasteiger partial charge >= 0.3 is 0 Å². The van der Waals surface area contributed by atoms with E-state index in [2.05, 4.69) is 20.9 Å². The second-order valence-electron chi connectivity index (χ2n) is 6.63. The summed E-state index contributed by atoms with van der Waals surface area (Å²) in [4.78, 5) is 21.7. The van der Waals surface area contributed by atoms with Crippen LogP contribution in [0.15, 0.2) is 24.4 Å². The van der Waals surface area contributed by atoms with Gasteiger partial charge in [-0.15, -0.1) is 0 Å². The average Bonchev–Trinajstić information content (AvgIpc) is 2.85. The molecule has 0 aromatic carbocycles. The fraction of sp³-hybridized carbons (Fsp3) is 0.667. The summed E-state index contributed by atoms with van der Waals surface area (Å²) in [6, 6.07) is 6.05. The van der Waals surface area contributed by atoms with E-state index in [9.17, 15) is 4.79 Å². The highest BCUT2D eigenvalue weighted by Gasteiger charge is 2.29. The SMILES string of the molecule is O=C([C@@H]1CCCN(Cc2ccccn2)C1)N1CCCCCC1. The molecule has 3 heterocycles. The molecule has 2 fully saturated rings. The Morgan fingerprint density at radius 3 is 2.64 bits per heavy atom. The molecule has 0 bridgehead atoms. The Labute approximate surface area is 133 Å². The van der Waals surface area contributed by atoms with E-state index in [0.29, 0.717) is 5.91 Å². The first-order valence-electron chi connectivity index (χ1n) is 8.74. The Hall–Kier alpha value is -1.42. The zero-order valence-corrected chi connectivity index (χ0v) is 13.4. The van der Waals surface area contributed by atoms with Crippen LogP contribution in [-0.4, -0.2) is 46.9 Å². The van der Waals surface area contributed by atoms with Crippen molar-refractivity contribution in [3.05, 3.63) is 30.1 Å². The molecule has 3 rings (SSSR count). The number of carbonyl (C=O) groups excluding carboxylic acids is 1. The fourth-order valence-electron chi connectivity index (χ4n) is 3.67. The summed E-state index contributed by atoms with van der Waals surface area (Å²) in [5.74, 6) is 0.586. The van der Waals surface area contributed by atoms with Crippen molar-refractivity contribution in [1.82, 2.24) is 14.8 Å². The highest BCUT2D eigenvalue weighted by molar-refractivity contribution is 5.79. The molecule has 120 valence electrons. The smallest absolute Gasteiger partial charge is 0.226 e. The fourth-order valence-corrected chi connectivity index (χ4v) is 3.67. The molecule has 0 unspecified atom stereocenters. The minimum atomic E-state index is 0.190. The van der Waals surface area contributed by atoms with Gasteiger partial charge in [-0.2, -0.15) is 0 Å². The quantitative estimate of drug-likeness (QED) is 0.861. The first kappa shape index (κ1) is 15.5. The Balaban J connectivity index is 1.56. The molecule has 4 nitrogen and oxygen atoms in total. The van der Waals surface area contributed by atoms with Crippen molar-refractivity contribution in [2.75, 3.05) is 26.2 Å². The first-order chi connectivity index (χ1) is 10.8. The van der Waals surface area contributed by atoms with E-state index in [1.165, 1.54) is 25.7 Å². The van der Waals surface area contributed by atoms with Gasteiger partial charge in [0.2, 0.25) is 5.91 Å². The molecule has 0 spiro atoms. The largest absolute Gasteiger partial charge is 0.342 e. The topological polar surface area (TPSA) is 36.4 Å². The third kappa shape index (κ3) is 4.07. The van der Waals surface area contributed by atoms with Crippen LogP contribution in [0.1, 0.15) is 44.2 Å². The van der Waals surface area contributed by atoms with Crippen molar-refractivity contribution < 1.29 is 4.79 Å². The van der Waals surface area contributed by atoms with Crippen LogP contribution in [0.25, 0.3) is 0 Å². The monoisotopic (exact) mass is 301 g/mol. The molecular weight excluding hydrogens is 274 g/mol. The number of hydrogen-bond donors (Lipinski definition) is 0. The molecular formula is C18H27N3O. The Kier molecular flexibility index (Phi) is 5.43. The van der Waals surface area contributed by atoms with Crippen LogP contribution in [-0.2, 0) is 11.3 Å². The number of aromatic nitrogens is 1. The molecule has 0 N–H and O–H groups in total. The van der Waals surface area contributed by atoms with Crippen LogP contribution in [0.5, 0.6) is 0 Å². The van der Waals surface area contributed by atoms with Gasteiger partial charge in [0.25, 0.3) is 0 Å². The number of nitrogens with zero attached hydrogens (tertiary/aromatic N) is 3. The summed E-state index contributed by atoms with van der Waals surface area (Å²) in [6.45, 7) is 4.78. The number of piperidine rings is 1. The van der Waals surface area contributed by atoms with Gasteiger partial charge in [-0.1, -0.05) is 18.9 Å². The summed E-state index contributed by atoms with van der Waals surface area (Å²) in [6.07, 6.45) is 8.93. The van der Waals surface area contributed by atoms with Crippen LogP contribution < -0.4 is 0 Å². The second kappa shape index (κ2) is 7.73. The Morgan fingerprint density at radius 1 is 1.09 bits per heavy atom. The van der Waals surface area contributed by atoms with Gasteiger partial charge in [-0.25, -0.2) is 0 Å². The minimum absolute atomic E-state index is 0.190. The van der Waals surface area contributed by atoms with Crippen molar-refractivity contribution in [3.8, 4) is 0 Å². The highest BCUT2D eigenvalue weighted by Crippen LogP contribution is 2.22. The van der Waals surface area contributed by atoms with Crippen LogP contribution in [0.4, 0.5) is 0 Å². The van der Waals surface area contributed by atoms with Crippen molar-refractivity contribution >= 4 is 5.91 Å². The first-order valence-corrected chi connectivity index (χ1v) is 8.74. The molecule has 2 aliphatic heterocycles. The van der Waals surface area contributed by atoms with Crippen molar-refractivity contribution in [1.29, 1.82) is 0 Å². The van der Waals surface area contributed by atoms with Crippen LogP contribution in [0.2, 0.25) is 0 Å². The molecule has 1 aromatic heterocycles. The van der Waals surface area contributed by atoms with Crippen LogP contribution >= 0.6 is 0 Å². The van der Waals surface area contributed by atoms with E-state index in [1.807, 2.05) is 18.3 Å². The average molecular weight is 301 g/mol. The Bertz CT molecular complexity index is 468. The number of likely N-dealkylation sites (tertiary alicyclic amines) is 2. The van der Waals surface area contributed by atoms with Crippen molar-refractivity contribution in [3.63, 3.8) is 0 Å². The van der Waals surface area contributed by atoms with E-state index in [1.54, 1.807) is 0 Å². The lowest BCUT2D eigenvalue weighted by Gasteiger charge is -2.34. The van der Waals surface area contributed by atoms with Gasteiger partial charge in [0.15, 0.2) is 0 Å². The maximum absolute atomic E-state index is 12.8. The lowest BCUT2D eigenvalue weighted by Crippen LogP contribution is -2.45. The molecule has 1 atom stereocenters. The van der Waals surface area contributed by atoms with E-state index in [0.717, 1.165) is 51.3 Å². The summed E-state index contributed by atoms with van der Waals surface area (Å²) >= 11 is 0. The van der Waals surface area contributed by atoms with E-state index in [-0.39, 0.29) is 5.92 Å². The molecule has 22 heavy (non-hydrogen) atoms. The second-order valence-corrected chi connectivity index (χ2v) is 6.63. The van der Waals surface area contributed by atoms with Crippen LogP contribution in [0, 0.1) is 5.92 Å². The number of amides is 1. The van der Waals surface area contributed by atoms with Crippen molar-refractivity contribution in [2.24, 2.45) is 5.92 Å². The number of hydrogen-bond acceptors (Lipinski definition) is 3. The molecule has 0 saturated carbocycles. The standard InChI is InChI=1S/C18H27N3O/c22-18(21-12-5-1-2-6-13-21)16-8-7-11-20(14-16)15-17-9-3-4-10-19-17/h3-4,9-10,16H,1-2,5-8,11-15H2/t16-/m1/s1. The van der Waals surface area contributed by atoms with Gasteiger partial charge in [-0.3, -0.25) is 14.7 Å². The number of pyridine rings is 1. The van der Waals surface area contributed by atoms with Gasteiger partial charge < -0.3 is 4.90 Å². The maximum Gasteiger partial charge on any atom is 0.226 e. The van der Waals surface area contributed by atoms with E-state index in [4.69, 9.17) is 0 Å². The normalized spacial score (nSPS) is 24.0. The maximum atomic E-state index is 12.8. The highest BCUT2D eigenvalue weighted by atomic mass is 16.2. The minimum Gasteiger partial charge on any atom is -0.342 e. The predicted octanol–water partition coefficient (Wildman–Crippen LogP) is 2.70. The third-order valence-electron chi connectivity index (χ3n) is 4.88. The molecule has 1 amide bonds. The summed E-state index contributed by atoms with van der Waals surface area (Å²) < 4.78 is 0. The van der Waals surface area contributed by atoms with Gasteiger partial charge in [-0.05, 0) is 44.4 Å². The summed E-state index contributed by atoms with van der Waals surface area (Å²) in [7, 11) is 0. The van der Waals surface area contributed by atoms with Gasteiger partial charge in [0.05, 0.1) is 11.6 Å². The molecule has 2 saturated heterocycles. The zero-order chi connectivity index (χ0) is 15.2. The lowest BCUT2D eigenvalue weighted by molar-refractivity contribution is -0.137. The number of carbonyl (C=O) groups is 1.